The molecule has 1 aliphatic rings. The second-order valence-electron chi connectivity index (χ2n) is 2.66. The Bertz CT molecular complexity index is 184. The molecule has 1 fully saturated rings. The number of rotatable bonds is 0. The number of urea groups is 2. The van der Waals surface area contributed by atoms with E-state index in [9.17, 15) is 9.59 Å². The maximum Gasteiger partial charge on any atom is 0.329 e. The van der Waals surface area contributed by atoms with E-state index in [1.165, 1.54) is 16.8 Å². The van der Waals surface area contributed by atoms with Gasteiger partial charge in [0.05, 0.1) is 6.67 Å². The first-order valence-corrected chi connectivity index (χ1v) is 3.28. The van der Waals surface area contributed by atoms with E-state index in [4.69, 9.17) is 0 Å². The van der Waals surface area contributed by atoms with Gasteiger partial charge in [0.1, 0.15) is 0 Å². The SMILES string of the molecule is CN1CN(C)C(=O)N(C)C1=O. The van der Waals surface area contributed by atoms with Crippen LogP contribution in [0.25, 0.3) is 0 Å². The minimum atomic E-state index is -0.256. The normalized spacial score (nSPS) is 19.7. The summed E-state index contributed by atoms with van der Waals surface area (Å²) < 4.78 is 0. The third-order valence-corrected chi connectivity index (χ3v) is 1.65. The average molecular weight is 157 g/mol. The van der Waals surface area contributed by atoms with E-state index >= 15 is 0 Å². The van der Waals surface area contributed by atoms with Crippen molar-refractivity contribution in [3.63, 3.8) is 0 Å². The molecule has 62 valence electrons. The highest BCUT2D eigenvalue weighted by atomic mass is 16.2. The van der Waals surface area contributed by atoms with Crippen molar-refractivity contribution < 1.29 is 9.59 Å². The van der Waals surface area contributed by atoms with Gasteiger partial charge in [0.2, 0.25) is 0 Å². The Morgan fingerprint density at radius 3 is 1.73 bits per heavy atom. The van der Waals surface area contributed by atoms with E-state index in [0.29, 0.717) is 6.67 Å². The molecule has 0 unspecified atom stereocenters. The lowest BCUT2D eigenvalue weighted by Gasteiger charge is -2.35. The zero-order valence-corrected chi connectivity index (χ0v) is 6.87. The first-order chi connectivity index (χ1) is 5.04. The molecule has 0 saturated carbocycles. The molecule has 1 saturated heterocycles. The fraction of sp³-hybridized carbons (Fsp3) is 0.667. The summed E-state index contributed by atoms with van der Waals surface area (Å²) >= 11 is 0. The van der Waals surface area contributed by atoms with E-state index in [1.54, 1.807) is 14.1 Å². The van der Waals surface area contributed by atoms with E-state index in [0.717, 1.165) is 4.90 Å². The molecule has 1 rings (SSSR count). The van der Waals surface area contributed by atoms with Crippen molar-refractivity contribution in [2.45, 2.75) is 0 Å². The summed E-state index contributed by atoms with van der Waals surface area (Å²) in [5, 5.41) is 0. The number of hydrogen-bond acceptors (Lipinski definition) is 2. The third kappa shape index (κ3) is 1.13. The maximum atomic E-state index is 11.1. The van der Waals surface area contributed by atoms with E-state index in [1.807, 2.05) is 0 Å². The summed E-state index contributed by atoms with van der Waals surface area (Å²) in [5.74, 6) is 0. The van der Waals surface area contributed by atoms with Crippen molar-refractivity contribution in [1.82, 2.24) is 14.7 Å². The zero-order chi connectivity index (χ0) is 8.59. The summed E-state index contributed by atoms with van der Waals surface area (Å²) in [7, 11) is 4.78. The molecule has 5 nitrogen and oxygen atoms in total. The molecule has 0 aromatic heterocycles. The predicted octanol–water partition coefficient (Wildman–Crippen LogP) is -0.00710. The molecule has 0 aromatic rings. The van der Waals surface area contributed by atoms with Crippen molar-refractivity contribution in [1.29, 1.82) is 0 Å². The molecule has 0 bridgehead atoms. The van der Waals surface area contributed by atoms with Crippen LogP contribution >= 0.6 is 0 Å². The predicted molar refractivity (Wildman–Crippen MR) is 38.9 cm³/mol. The molecular formula is C6H11N3O2. The minimum absolute atomic E-state index is 0.256. The second-order valence-corrected chi connectivity index (χ2v) is 2.66. The largest absolute Gasteiger partial charge is 0.329 e. The van der Waals surface area contributed by atoms with E-state index in [-0.39, 0.29) is 12.1 Å². The fourth-order valence-electron chi connectivity index (χ4n) is 1.03. The summed E-state index contributed by atoms with van der Waals surface area (Å²) in [4.78, 5) is 26.2. The topological polar surface area (TPSA) is 43.9 Å². The lowest BCUT2D eigenvalue weighted by Crippen LogP contribution is -2.56. The van der Waals surface area contributed by atoms with Gasteiger partial charge in [-0.05, 0) is 0 Å². The van der Waals surface area contributed by atoms with Crippen LogP contribution in [0.3, 0.4) is 0 Å². The fourth-order valence-corrected chi connectivity index (χ4v) is 1.03. The molecule has 11 heavy (non-hydrogen) atoms. The molecule has 0 aromatic carbocycles. The molecule has 5 heteroatoms. The lowest BCUT2D eigenvalue weighted by atomic mass is 10.5. The van der Waals surface area contributed by atoms with Gasteiger partial charge in [-0.1, -0.05) is 0 Å². The summed E-state index contributed by atoms with van der Waals surface area (Å²) in [6.07, 6.45) is 0. The average Bonchev–Trinajstić information content (AvgIpc) is 1.97. The van der Waals surface area contributed by atoms with Crippen LogP contribution in [-0.4, -0.2) is 54.6 Å². The Morgan fingerprint density at radius 2 is 1.36 bits per heavy atom. The smallest absolute Gasteiger partial charge is 0.309 e. The Morgan fingerprint density at radius 1 is 1.00 bits per heavy atom. The van der Waals surface area contributed by atoms with Gasteiger partial charge in [0.25, 0.3) is 0 Å². The Hall–Kier alpha value is -1.26. The highest BCUT2D eigenvalue weighted by Gasteiger charge is 2.29. The second kappa shape index (κ2) is 2.41. The molecule has 4 amide bonds. The number of carbonyl (C=O) groups is 2. The molecule has 0 radical (unpaired) electrons. The minimum Gasteiger partial charge on any atom is -0.309 e. The molecule has 0 atom stereocenters. The van der Waals surface area contributed by atoms with Gasteiger partial charge in [-0.3, -0.25) is 0 Å². The number of hydrogen-bond donors (Lipinski definition) is 0. The molecule has 0 spiro atoms. The summed E-state index contributed by atoms with van der Waals surface area (Å²) in [6, 6.07) is -0.513. The zero-order valence-electron chi connectivity index (χ0n) is 6.87. The van der Waals surface area contributed by atoms with Gasteiger partial charge in [0, 0.05) is 21.1 Å². The first kappa shape index (κ1) is 7.84. The molecule has 0 aliphatic carbocycles. The molecule has 1 heterocycles. The van der Waals surface area contributed by atoms with E-state index in [2.05, 4.69) is 0 Å². The van der Waals surface area contributed by atoms with Crippen LogP contribution in [0, 0.1) is 0 Å². The van der Waals surface area contributed by atoms with Crippen molar-refractivity contribution in [2.75, 3.05) is 27.8 Å². The van der Waals surface area contributed by atoms with Gasteiger partial charge in [-0.15, -0.1) is 0 Å². The van der Waals surface area contributed by atoms with Crippen molar-refractivity contribution in [3.8, 4) is 0 Å². The van der Waals surface area contributed by atoms with Crippen LogP contribution in [0.1, 0.15) is 0 Å². The van der Waals surface area contributed by atoms with Gasteiger partial charge >= 0.3 is 12.1 Å². The number of carbonyl (C=O) groups excluding carboxylic acids is 2. The first-order valence-electron chi connectivity index (χ1n) is 3.28. The number of nitrogens with zero attached hydrogens (tertiary/aromatic N) is 3. The monoisotopic (exact) mass is 157 g/mol. The van der Waals surface area contributed by atoms with Gasteiger partial charge in [-0.2, -0.15) is 0 Å². The molecule has 1 aliphatic heterocycles. The van der Waals surface area contributed by atoms with Crippen LogP contribution in [0.5, 0.6) is 0 Å². The van der Waals surface area contributed by atoms with Crippen LogP contribution in [-0.2, 0) is 0 Å². The van der Waals surface area contributed by atoms with Crippen molar-refractivity contribution in [3.05, 3.63) is 0 Å². The standard InChI is InChI=1S/C6H11N3O2/c1-7-4-8(2)6(11)9(3)5(7)10/h4H2,1-3H3. The van der Waals surface area contributed by atoms with Crippen LogP contribution < -0.4 is 0 Å². The Labute approximate surface area is 65.2 Å². The number of amides is 4. The highest BCUT2D eigenvalue weighted by Crippen LogP contribution is 2.05. The highest BCUT2D eigenvalue weighted by molar-refractivity contribution is 5.94. The summed E-state index contributed by atoms with van der Waals surface area (Å²) in [6.45, 7) is 0.363. The van der Waals surface area contributed by atoms with Crippen LogP contribution in [0.15, 0.2) is 0 Å². The summed E-state index contributed by atoms with van der Waals surface area (Å²) in [5.41, 5.74) is 0. The lowest BCUT2D eigenvalue weighted by molar-refractivity contribution is 0.107. The molecular weight excluding hydrogens is 146 g/mol. The Kier molecular flexibility index (Phi) is 1.72. The molecule has 0 N–H and O–H groups in total. The maximum absolute atomic E-state index is 11.1. The van der Waals surface area contributed by atoms with Gasteiger partial charge in [-0.25, -0.2) is 14.5 Å². The third-order valence-electron chi connectivity index (χ3n) is 1.65. The van der Waals surface area contributed by atoms with Crippen LogP contribution in [0.4, 0.5) is 9.59 Å². The quantitative estimate of drug-likeness (QED) is 0.496. The van der Waals surface area contributed by atoms with Crippen LogP contribution in [0.2, 0.25) is 0 Å². The Balaban J connectivity index is 2.79. The van der Waals surface area contributed by atoms with E-state index < -0.39 is 0 Å². The van der Waals surface area contributed by atoms with Crippen molar-refractivity contribution in [2.24, 2.45) is 0 Å². The van der Waals surface area contributed by atoms with Crippen molar-refractivity contribution >= 4 is 12.1 Å². The van der Waals surface area contributed by atoms with Gasteiger partial charge in [0.15, 0.2) is 0 Å². The number of imide groups is 1. The van der Waals surface area contributed by atoms with Gasteiger partial charge < -0.3 is 9.80 Å².